The monoisotopic (exact) mass is 525 g/mol. The number of allylic oxidation sites excluding steroid dienone is 2. The van der Waals surface area contributed by atoms with Gasteiger partial charge in [0.25, 0.3) is 0 Å². The lowest BCUT2D eigenvalue weighted by Gasteiger charge is -2.25. The predicted octanol–water partition coefficient (Wildman–Crippen LogP) is 10.7. The summed E-state index contributed by atoms with van der Waals surface area (Å²) in [6, 6.07) is 61.7. The van der Waals surface area contributed by atoms with Crippen molar-refractivity contribution in [2.75, 3.05) is 4.90 Å². The molecule has 6 aromatic rings. The van der Waals surface area contributed by atoms with E-state index in [4.69, 9.17) is 0 Å². The zero-order chi connectivity index (χ0) is 27.7. The van der Waals surface area contributed by atoms with Gasteiger partial charge >= 0.3 is 0 Å². The van der Waals surface area contributed by atoms with Crippen molar-refractivity contribution in [2.45, 2.75) is 0 Å². The highest BCUT2D eigenvalue weighted by molar-refractivity contribution is 5.87. The maximum Gasteiger partial charge on any atom is 0.0462 e. The Labute approximate surface area is 243 Å². The van der Waals surface area contributed by atoms with Crippen molar-refractivity contribution in [1.29, 1.82) is 0 Å². The van der Waals surface area contributed by atoms with Gasteiger partial charge in [0.05, 0.1) is 0 Å². The lowest BCUT2D eigenvalue weighted by Crippen LogP contribution is -2.09. The quantitative estimate of drug-likeness (QED) is 0.179. The number of anilines is 3. The van der Waals surface area contributed by atoms with E-state index < -0.39 is 0 Å². The second-order valence-electron chi connectivity index (χ2n) is 9.81. The molecule has 6 aromatic carbocycles. The SMILES string of the molecule is C(/C=C(\c1ccccc1)c1ccc(N(c2ccccc2)c2ccccc2)cc1)=C(c1ccccc1)c1ccccc1. The molecule has 0 aromatic heterocycles. The van der Waals surface area contributed by atoms with E-state index in [1.807, 2.05) is 0 Å². The lowest BCUT2D eigenvalue weighted by molar-refractivity contribution is 1.28. The average molecular weight is 526 g/mol. The second kappa shape index (κ2) is 12.6. The fourth-order valence-corrected chi connectivity index (χ4v) is 5.13. The Morgan fingerprint density at radius 1 is 0.293 bits per heavy atom. The highest BCUT2D eigenvalue weighted by Crippen LogP contribution is 2.35. The standard InChI is InChI=1S/C40H31N/c1-6-16-32(17-7-1)39(33-18-8-2-9-19-33)30-31-40(34-20-10-3-11-21-34)35-26-28-38(29-27-35)41(36-22-12-4-13-23-36)37-24-14-5-15-25-37/h1-31H/b40-31+. The number of nitrogens with zero attached hydrogens (tertiary/aromatic N) is 1. The lowest BCUT2D eigenvalue weighted by atomic mass is 9.94. The average Bonchev–Trinajstić information content (AvgIpc) is 3.06. The normalized spacial score (nSPS) is 11.1. The Balaban J connectivity index is 1.44. The highest BCUT2D eigenvalue weighted by atomic mass is 15.1. The first-order valence-electron chi connectivity index (χ1n) is 14.0. The largest absolute Gasteiger partial charge is 0.311 e. The van der Waals surface area contributed by atoms with Gasteiger partial charge in [0.15, 0.2) is 0 Å². The molecule has 0 amide bonds. The van der Waals surface area contributed by atoms with E-state index in [-0.39, 0.29) is 0 Å². The van der Waals surface area contributed by atoms with Crippen LogP contribution in [0.5, 0.6) is 0 Å². The summed E-state index contributed by atoms with van der Waals surface area (Å²) < 4.78 is 0. The van der Waals surface area contributed by atoms with Gasteiger partial charge in [0.2, 0.25) is 0 Å². The van der Waals surface area contributed by atoms with E-state index in [1.54, 1.807) is 0 Å². The van der Waals surface area contributed by atoms with E-state index in [9.17, 15) is 0 Å². The molecule has 1 heteroatoms. The molecule has 6 rings (SSSR count). The first-order valence-corrected chi connectivity index (χ1v) is 14.0. The van der Waals surface area contributed by atoms with E-state index in [0.717, 1.165) is 22.6 Å². The van der Waals surface area contributed by atoms with Crippen LogP contribution in [0.25, 0.3) is 11.1 Å². The second-order valence-corrected chi connectivity index (χ2v) is 9.81. The molecular formula is C40H31N. The molecule has 0 unspecified atom stereocenters. The summed E-state index contributed by atoms with van der Waals surface area (Å²) in [5.41, 5.74) is 10.5. The van der Waals surface area contributed by atoms with Gasteiger partial charge in [-0.25, -0.2) is 0 Å². The molecule has 0 N–H and O–H groups in total. The molecule has 0 aliphatic rings. The summed E-state index contributed by atoms with van der Waals surface area (Å²) in [6.45, 7) is 0. The minimum absolute atomic E-state index is 1.11. The topological polar surface area (TPSA) is 3.24 Å². The van der Waals surface area contributed by atoms with Gasteiger partial charge in [0.1, 0.15) is 0 Å². The molecule has 0 aliphatic heterocycles. The third-order valence-electron chi connectivity index (χ3n) is 7.14. The fraction of sp³-hybridized carbons (Fsp3) is 0. The molecule has 41 heavy (non-hydrogen) atoms. The molecular weight excluding hydrogens is 494 g/mol. The van der Waals surface area contributed by atoms with Crippen LogP contribution in [-0.4, -0.2) is 0 Å². The zero-order valence-corrected chi connectivity index (χ0v) is 22.8. The minimum Gasteiger partial charge on any atom is -0.311 e. The van der Waals surface area contributed by atoms with E-state index >= 15 is 0 Å². The third-order valence-corrected chi connectivity index (χ3v) is 7.14. The Morgan fingerprint density at radius 2 is 0.561 bits per heavy atom. The molecule has 0 saturated carbocycles. The van der Waals surface area contributed by atoms with Crippen molar-refractivity contribution in [2.24, 2.45) is 0 Å². The number of hydrogen-bond acceptors (Lipinski definition) is 1. The van der Waals surface area contributed by atoms with Crippen LogP contribution in [-0.2, 0) is 0 Å². The third kappa shape index (κ3) is 6.11. The molecule has 1 nitrogen and oxygen atoms in total. The first-order chi connectivity index (χ1) is 20.4. The van der Waals surface area contributed by atoms with Gasteiger partial charge < -0.3 is 4.90 Å². The van der Waals surface area contributed by atoms with Crippen molar-refractivity contribution in [1.82, 2.24) is 0 Å². The number of benzene rings is 6. The van der Waals surface area contributed by atoms with Gasteiger partial charge in [-0.05, 0) is 69.8 Å². The minimum atomic E-state index is 1.11. The van der Waals surface area contributed by atoms with Gasteiger partial charge in [-0.2, -0.15) is 0 Å². The maximum atomic E-state index is 2.29. The fourth-order valence-electron chi connectivity index (χ4n) is 5.13. The number of hydrogen-bond donors (Lipinski definition) is 0. The Morgan fingerprint density at radius 3 is 0.902 bits per heavy atom. The van der Waals surface area contributed by atoms with Crippen molar-refractivity contribution in [3.05, 3.63) is 210 Å². The molecule has 0 radical (unpaired) electrons. The highest BCUT2D eigenvalue weighted by Gasteiger charge is 2.13. The first kappa shape index (κ1) is 25.9. The van der Waals surface area contributed by atoms with Crippen LogP contribution in [0.4, 0.5) is 17.1 Å². The summed E-state index contributed by atoms with van der Waals surface area (Å²) in [5.74, 6) is 0. The van der Waals surface area contributed by atoms with Gasteiger partial charge in [-0.15, -0.1) is 0 Å². The summed E-state index contributed by atoms with van der Waals surface area (Å²) in [7, 11) is 0. The van der Waals surface area contributed by atoms with Crippen LogP contribution in [0, 0.1) is 0 Å². The molecule has 196 valence electrons. The summed E-state index contributed by atoms with van der Waals surface area (Å²) in [4.78, 5) is 2.29. The molecule has 0 saturated heterocycles. The van der Waals surface area contributed by atoms with E-state index in [2.05, 4.69) is 193 Å². The van der Waals surface area contributed by atoms with Crippen molar-refractivity contribution in [3.8, 4) is 0 Å². The zero-order valence-electron chi connectivity index (χ0n) is 22.8. The van der Waals surface area contributed by atoms with Gasteiger partial charge in [0, 0.05) is 17.1 Å². The maximum absolute atomic E-state index is 2.29. The van der Waals surface area contributed by atoms with E-state index in [1.165, 1.54) is 27.8 Å². The summed E-state index contributed by atoms with van der Waals surface area (Å²) >= 11 is 0. The van der Waals surface area contributed by atoms with Crippen LogP contribution < -0.4 is 4.90 Å². The van der Waals surface area contributed by atoms with Crippen LogP contribution in [0.3, 0.4) is 0 Å². The number of para-hydroxylation sites is 2. The smallest absolute Gasteiger partial charge is 0.0462 e. The Bertz CT molecular complexity index is 1640. The van der Waals surface area contributed by atoms with Gasteiger partial charge in [-0.1, -0.05) is 152 Å². The summed E-state index contributed by atoms with van der Waals surface area (Å²) in [5, 5.41) is 0. The van der Waals surface area contributed by atoms with E-state index in [0.29, 0.717) is 0 Å². The van der Waals surface area contributed by atoms with Crippen LogP contribution in [0.2, 0.25) is 0 Å². The summed E-state index contributed by atoms with van der Waals surface area (Å²) in [6.07, 6.45) is 4.51. The Hall–Kier alpha value is -5.40. The van der Waals surface area contributed by atoms with Crippen LogP contribution in [0.15, 0.2) is 188 Å². The molecule has 0 bridgehead atoms. The molecule has 0 heterocycles. The van der Waals surface area contributed by atoms with Crippen molar-refractivity contribution in [3.63, 3.8) is 0 Å². The molecule has 0 atom stereocenters. The molecule has 0 spiro atoms. The van der Waals surface area contributed by atoms with Gasteiger partial charge in [-0.3, -0.25) is 0 Å². The van der Waals surface area contributed by atoms with Crippen molar-refractivity contribution < 1.29 is 0 Å². The molecule has 0 aliphatic carbocycles. The number of rotatable bonds is 8. The van der Waals surface area contributed by atoms with Crippen LogP contribution in [0.1, 0.15) is 22.3 Å². The van der Waals surface area contributed by atoms with Crippen molar-refractivity contribution >= 4 is 28.2 Å². The molecule has 0 fully saturated rings. The Kier molecular flexibility index (Phi) is 7.97. The predicted molar refractivity (Wildman–Crippen MR) is 175 cm³/mol. The van der Waals surface area contributed by atoms with Crippen LogP contribution >= 0.6 is 0 Å².